The minimum absolute atomic E-state index is 0. The lowest BCUT2D eigenvalue weighted by atomic mass is 9.92. The third-order valence-corrected chi connectivity index (χ3v) is 3.33. The fourth-order valence-electron chi connectivity index (χ4n) is 1.59. The van der Waals surface area contributed by atoms with Gasteiger partial charge >= 0.3 is 0 Å². The molecule has 0 spiro atoms. The van der Waals surface area contributed by atoms with Crippen LogP contribution in [0.2, 0.25) is 0 Å². The lowest BCUT2D eigenvalue weighted by Crippen LogP contribution is -2.19. The van der Waals surface area contributed by atoms with E-state index < -0.39 is 5.60 Å². The fourth-order valence-corrected chi connectivity index (χ4v) is 1.59. The molecule has 1 N–H and O–H groups in total. The summed E-state index contributed by atoms with van der Waals surface area (Å²) in [5.41, 5.74) is 5.32. The Morgan fingerprint density at radius 2 is 1.56 bits per heavy atom. The minimum Gasteiger partial charge on any atom is -0.386 e. The second-order valence-electron chi connectivity index (χ2n) is 5.12. The molecule has 1 aromatic carbocycles. The summed E-state index contributed by atoms with van der Waals surface area (Å²) in [6.07, 6.45) is 2.09. The van der Waals surface area contributed by atoms with Crippen LogP contribution in [0.3, 0.4) is 0 Å². The minimum atomic E-state index is -0.747. The zero-order valence-electron chi connectivity index (χ0n) is 12.3. The summed E-state index contributed by atoms with van der Waals surface area (Å²) in [5.74, 6) is 0. The monoisotopic (exact) mass is 263 g/mol. The molecule has 0 aliphatic carbocycles. The molecule has 3 radical (unpaired) electrons. The molecular weight excluding hydrogens is 239 g/mol. The van der Waals surface area contributed by atoms with Gasteiger partial charge in [0.2, 0.25) is 0 Å². The first-order valence-electron chi connectivity index (χ1n) is 5.71. The van der Waals surface area contributed by atoms with Crippen molar-refractivity contribution in [2.24, 2.45) is 0 Å². The Hall–Kier alpha value is -0.665. The SMILES string of the molecule is C/C(=C\c1c(C)ccc(C)c1C)C(C)(C)O.S.[B]. The van der Waals surface area contributed by atoms with E-state index in [1.807, 2.05) is 20.8 Å². The summed E-state index contributed by atoms with van der Waals surface area (Å²) in [4.78, 5) is 0. The number of rotatable bonds is 2. The third-order valence-electron chi connectivity index (χ3n) is 3.33. The maximum Gasteiger partial charge on any atom is 0.0801 e. The van der Waals surface area contributed by atoms with Crippen LogP contribution in [0, 0.1) is 20.8 Å². The highest BCUT2D eigenvalue weighted by Gasteiger charge is 2.15. The molecule has 0 aliphatic heterocycles. The number of aryl methyl sites for hydroxylation is 2. The standard InChI is InChI=1S/C15H22O.B.H2S/c1-10-7-8-11(2)14(13(10)4)9-12(3)15(5,6)16;;/h7-9,16H,1-6H3;;1H2/b12-9+;;. The summed E-state index contributed by atoms with van der Waals surface area (Å²) in [6.45, 7) is 12.0. The predicted octanol–water partition coefficient (Wildman–Crippen LogP) is 3.52. The van der Waals surface area contributed by atoms with Crippen LogP contribution in [-0.2, 0) is 0 Å². The summed E-state index contributed by atoms with van der Waals surface area (Å²) < 4.78 is 0. The molecule has 0 saturated carbocycles. The Bertz CT molecular complexity index is 431. The van der Waals surface area contributed by atoms with E-state index in [0.29, 0.717) is 0 Å². The van der Waals surface area contributed by atoms with Gasteiger partial charge in [-0.1, -0.05) is 18.2 Å². The highest BCUT2D eigenvalue weighted by atomic mass is 32.1. The zero-order valence-corrected chi connectivity index (χ0v) is 13.3. The van der Waals surface area contributed by atoms with Crippen molar-refractivity contribution in [1.29, 1.82) is 0 Å². The van der Waals surface area contributed by atoms with Crippen LogP contribution in [0.5, 0.6) is 0 Å². The van der Waals surface area contributed by atoms with Crippen LogP contribution in [0.1, 0.15) is 43.0 Å². The summed E-state index contributed by atoms with van der Waals surface area (Å²) in [5, 5.41) is 9.93. The second kappa shape index (κ2) is 7.05. The first kappa shape index (κ1) is 19.7. The molecule has 3 heteroatoms. The van der Waals surface area contributed by atoms with Gasteiger partial charge in [-0.3, -0.25) is 0 Å². The normalized spacial score (nSPS) is 11.6. The van der Waals surface area contributed by atoms with Crippen LogP contribution in [0.4, 0.5) is 0 Å². The lowest BCUT2D eigenvalue weighted by molar-refractivity contribution is 0.121. The summed E-state index contributed by atoms with van der Waals surface area (Å²) in [7, 11) is 0. The van der Waals surface area contributed by atoms with Gasteiger partial charge in [-0.2, -0.15) is 13.5 Å². The van der Waals surface area contributed by atoms with Crippen molar-refractivity contribution in [1.82, 2.24) is 0 Å². The molecule has 1 nitrogen and oxygen atoms in total. The van der Waals surface area contributed by atoms with Crippen molar-refractivity contribution >= 4 is 28.0 Å². The van der Waals surface area contributed by atoms with Crippen LogP contribution in [0.15, 0.2) is 17.7 Å². The zero-order chi connectivity index (χ0) is 12.5. The van der Waals surface area contributed by atoms with Crippen LogP contribution >= 0.6 is 13.5 Å². The summed E-state index contributed by atoms with van der Waals surface area (Å²) in [6, 6.07) is 4.27. The van der Waals surface area contributed by atoms with E-state index >= 15 is 0 Å². The fraction of sp³-hybridized carbons (Fsp3) is 0.467. The Balaban J connectivity index is 0. The van der Waals surface area contributed by atoms with Crippen molar-refractivity contribution in [3.63, 3.8) is 0 Å². The predicted molar refractivity (Wildman–Crippen MR) is 86.7 cm³/mol. The molecule has 0 saturated heterocycles. The van der Waals surface area contributed by atoms with E-state index in [9.17, 15) is 5.11 Å². The highest BCUT2D eigenvalue weighted by molar-refractivity contribution is 7.59. The first-order chi connectivity index (χ1) is 7.23. The van der Waals surface area contributed by atoms with Gasteiger partial charge in [0.15, 0.2) is 0 Å². The van der Waals surface area contributed by atoms with Gasteiger partial charge in [0.25, 0.3) is 0 Å². The number of benzene rings is 1. The first-order valence-corrected chi connectivity index (χ1v) is 5.71. The van der Waals surface area contributed by atoms with Gasteiger partial charge in [-0.25, -0.2) is 0 Å². The van der Waals surface area contributed by atoms with E-state index in [1.54, 1.807) is 0 Å². The Morgan fingerprint density at radius 1 is 1.11 bits per heavy atom. The lowest BCUT2D eigenvalue weighted by Gasteiger charge is -2.19. The van der Waals surface area contributed by atoms with Gasteiger partial charge in [-0.15, -0.1) is 0 Å². The molecule has 0 heterocycles. The largest absolute Gasteiger partial charge is 0.386 e. The van der Waals surface area contributed by atoms with E-state index in [-0.39, 0.29) is 21.9 Å². The quantitative estimate of drug-likeness (QED) is 0.809. The van der Waals surface area contributed by atoms with Crippen LogP contribution in [0.25, 0.3) is 6.08 Å². The molecule has 0 unspecified atom stereocenters. The van der Waals surface area contributed by atoms with Crippen LogP contribution in [-0.4, -0.2) is 19.1 Å². The molecule has 1 aromatic rings. The van der Waals surface area contributed by atoms with E-state index in [1.165, 1.54) is 22.3 Å². The molecule has 18 heavy (non-hydrogen) atoms. The molecule has 0 bridgehead atoms. The second-order valence-corrected chi connectivity index (χ2v) is 5.12. The Morgan fingerprint density at radius 3 is 2.00 bits per heavy atom. The molecule has 0 fully saturated rings. The van der Waals surface area contributed by atoms with Gasteiger partial charge < -0.3 is 5.11 Å². The highest BCUT2D eigenvalue weighted by Crippen LogP contribution is 2.24. The molecule has 0 aromatic heterocycles. The van der Waals surface area contributed by atoms with E-state index in [4.69, 9.17) is 0 Å². The smallest absolute Gasteiger partial charge is 0.0801 e. The van der Waals surface area contributed by atoms with Crippen molar-refractivity contribution in [3.05, 3.63) is 40.0 Å². The average Bonchev–Trinajstić information content (AvgIpc) is 2.17. The maximum absolute atomic E-state index is 9.93. The average molecular weight is 263 g/mol. The molecular formula is C15H24BOS. The molecule has 0 atom stereocenters. The third kappa shape index (κ3) is 4.54. The number of aliphatic hydroxyl groups is 1. The molecule has 0 aliphatic rings. The van der Waals surface area contributed by atoms with Gasteiger partial charge in [0, 0.05) is 8.41 Å². The Kier molecular flexibility index (Phi) is 7.71. The van der Waals surface area contributed by atoms with E-state index in [2.05, 4.69) is 39.0 Å². The Labute approximate surface area is 120 Å². The van der Waals surface area contributed by atoms with Crippen molar-refractivity contribution in [2.75, 3.05) is 0 Å². The van der Waals surface area contributed by atoms with Crippen LogP contribution < -0.4 is 0 Å². The topological polar surface area (TPSA) is 20.2 Å². The van der Waals surface area contributed by atoms with Gasteiger partial charge in [0.05, 0.1) is 5.60 Å². The maximum atomic E-state index is 9.93. The van der Waals surface area contributed by atoms with Gasteiger partial charge in [-0.05, 0) is 69.4 Å². The van der Waals surface area contributed by atoms with Crippen molar-refractivity contribution < 1.29 is 5.11 Å². The van der Waals surface area contributed by atoms with Gasteiger partial charge in [0.1, 0.15) is 0 Å². The number of hydrogen-bond acceptors (Lipinski definition) is 1. The summed E-state index contributed by atoms with van der Waals surface area (Å²) >= 11 is 0. The molecule has 0 amide bonds. The van der Waals surface area contributed by atoms with Crippen molar-refractivity contribution in [3.8, 4) is 0 Å². The molecule has 99 valence electrons. The molecule has 1 rings (SSSR count). The van der Waals surface area contributed by atoms with Crippen molar-refractivity contribution in [2.45, 2.75) is 47.1 Å². The van der Waals surface area contributed by atoms with E-state index in [0.717, 1.165) is 5.57 Å². The number of hydrogen-bond donors (Lipinski definition) is 1.